The topological polar surface area (TPSA) is 55.8 Å². The van der Waals surface area contributed by atoms with Crippen molar-refractivity contribution in [3.63, 3.8) is 0 Å². The van der Waals surface area contributed by atoms with Crippen LogP contribution in [0.25, 0.3) is 0 Å². The van der Waals surface area contributed by atoms with Crippen LogP contribution in [0.4, 0.5) is 13.2 Å². The molecule has 0 aliphatic carbocycles. The predicted molar refractivity (Wildman–Crippen MR) is 68.7 cm³/mol. The number of benzene rings is 1. The van der Waals surface area contributed by atoms with Gasteiger partial charge in [-0.3, -0.25) is 0 Å². The van der Waals surface area contributed by atoms with E-state index in [0.717, 1.165) is 23.5 Å². The smallest absolute Gasteiger partial charge is 0.487 e. The first-order valence-corrected chi connectivity index (χ1v) is 6.51. The number of ether oxygens (including phenoxy) is 2. The highest BCUT2D eigenvalue weighted by atomic mass is 32.1. The van der Waals surface area contributed by atoms with E-state index in [4.69, 9.17) is 9.84 Å². The molecule has 4 nitrogen and oxygen atoms in total. The summed E-state index contributed by atoms with van der Waals surface area (Å²) in [7, 11) is 0. The summed E-state index contributed by atoms with van der Waals surface area (Å²) in [6.45, 7) is 0.0450. The fourth-order valence-electron chi connectivity index (χ4n) is 1.52. The molecule has 0 saturated carbocycles. The Morgan fingerprint density at radius 3 is 2.43 bits per heavy atom. The molecule has 112 valence electrons. The van der Waals surface area contributed by atoms with Crippen molar-refractivity contribution in [1.29, 1.82) is 0 Å². The Morgan fingerprint density at radius 2 is 1.86 bits per heavy atom. The fourth-order valence-corrected chi connectivity index (χ4v) is 2.19. The summed E-state index contributed by atoms with van der Waals surface area (Å²) >= 11 is 1.03. The molecule has 1 aromatic heterocycles. The molecule has 0 radical (unpaired) electrons. The summed E-state index contributed by atoms with van der Waals surface area (Å²) < 4.78 is 45.1. The molecule has 0 spiro atoms. The maximum absolute atomic E-state index is 12.0. The number of carboxylic acids is 1. The largest absolute Gasteiger partial charge is 0.573 e. The number of hydrogen-bond acceptors (Lipinski definition) is 4. The van der Waals surface area contributed by atoms with Crippen LogP contribution in [0.15, 0.2) is 35.7 Å². The maximum atomic E-state index is 12.0. The van der Waals surface area contributed by atoms with E-state index in [0.29, 0.717) is 5.56 Å². The molecular formula is C13H9F3O4S. The molecule has 0 saturated heterocycles. The summed E-state index contributed by atoms with van der Waals surface area (Å²) in [5, 5.41) is 10.5. The molecule has 0 atom stereocenters. The third-order valence-electron chi connectivity index (χ3n) is 2.37. The van der Waals surface area contributed by atoms with E-state index in [1.54, 1.807) is 5.38 Å². The van der Waals surface area contributed by atoms with Gasteiger partial charge in [-0.1, -0.05) is 12.1 Å². The average molecular weight is 318 g/mol. The van der Waals surface area contributed by atoms with Crippen LogP contribution in [0.2, 0.25) is 0 Å². The van der Waals surface area contributed by atoms with Crippen LogP contribution in [0.1, 0.15) is 15.2 Å². The molecule has 0 fully saturated rings. The minimum absolute atomic E-state index is 0.0450. The lowest BCUT2D eigenvalue weighted by atomic mass is 10.2. The summed E-state index contributed by atoms with van der Waals surface area (Å²) in [6.07, 6.45) is -4.73. The Hall–Kier alpha value is -2.22. The van der Waals surface area contributed by atoms with E-state index in [1.807, 2.05) is 0 Å². The Bertz CT molecular complexity index is 619. The van der Waals surface area contributed by atoms with Gasteiger partial charge < -0.3 is 14.6 Å². The minimum atomic E-state index is -4.73. The Labute approximate surface area is 121 Å². The van der Waals surface area contributed by atoms with Crippen molar-refractivity contribution in [3.8, 4) is 11.5 Å². The number of halogens is 3. The number of aromatic carboxylic acids is 1. The first-order valence-electron chi connectivity index (χ1n) is 5.63. The number of rotatable bonds is 5. The first-order chi connectivity index (χ1) is 9.85. The molecule has 1 heterocycles. The van der Waals surface area contributed by atoms with E-state index < -0.39 is 12.3 Å². The van der Waals surface area contributed by atoms with E-state index >= 15 is 0 Å². The number of alkyl halides is 3. The van der Waals surface area contributed by atoms with Crippen LogP contribution in [-0.4, -0.2) is 17.4 Å². The minimum Gasteiger partial charge on any atom is -0.487 e. The average Bonchev–Trinajstić information content (AvgIpc) is 2.84. The van der Waals surface area contributed by atoms with Crippen molar-refractivity contribution in [3.05, 3.63) is 46.2 Å². The van der Waals surface area contributed by atoms with Crippen LogP contribution in [-0.2, 0) is 6.61 Å². The first kappa shape index (κ1) is 15.2. The van der Waals surface area contributed by atoms with Gasteiger partial charge in [0.25, 0.3) is 0 Å². The van der Waals surface area contributed by atoms with E-state index in [9.17, 15) is 18.0 Å². The van der Waals surface area contributed by atoms with Gasteiger partial charge in [0.05, 0.1) is 0 Å². The molecule has 0 amide bonds. The van der Waals surface area contributed by atoms with Crippen LogP contribution in [0.3, 0.4) is 0 Å². The van der Waals surface area contributed by atoms with Crippen molar-refractivity contribution in [1.82, 2.24) is 0 Å². The number of thiophene rings is 1. The molecule has 0 aliphatic heterocycles. The molecule has 0 aliphatic rings. The monoisotopic (exact) mass is 318 g/mol. The van der Waals surface area contributed by atoms with Gasteiger partial charge in [-0.05, 0) is 29.1 Å². The molecule has 2 rings (SSSR count). The van der Waals surface area contributed by atoms with Crippen molar-refractivity contribution in [2.75, 3.05) is 0 Å². The van der Waals surface area contributed by atoms with Gasteiger partial charge in [0.1, 0.15) is 18.1 Å². The fraction of sp³-hybridized carbons (Fsp3) is 0.154. The second-order valence-corrected chi connectivity index (χ2v) is 4.82. The summed E-state index contributed by atoms with van der Waals surface area (Å²) in [4.78, 5) is 11.0. The lowest BCUT2D eigenvalue weighted by molar-refractivity contribution is -0.274. The van der Waals surface area contributed by atoms with Gasteiger partial charge in [0.15, 0.2) is 4.88 Å². The summed E-state index contributed by atoms with van der Waals surface area (Å²) in [6, 6.07) is 6.67. The third kappa shape index (κ3) is 4.38. The van der Waals surface area contributed by atoms with Crippen molar-refractivity contribution < 1.29 is 32.5 Å². The zero-order valence-electron chi connectivity index (χ0n) is 10.4. The van der Waals surface area contributed by atoms with Crippen molar-refractivity contribution in [2.45, 2.75) is 13.0 Å². The van der Waals surface area contributed by atoms with Crippen LogP contribution >= 0.6 is 11.3 Å². The highest BCUT2D eigenvalue weighted by Gasteiger charge is 2.30. The molecule has 8 heteroatoms. The highest BCUT2D eigenvalue weighted by molar-refractivity contribution is 7.12. The molecule has 0 unspecified atom stereocenters. The van der Waals surface area contributed by atoms with Crippen LogP contribution < -0.4 is 9.47 Å². The molecule has 2 aromatic rings. The quantitative estimate of drug-likeness (QED) is 0.907. The van der Waals surface area contributed by atoms with Gasteiger partial charge in [0.2, 0.25) is 0 Å². The Morgan fingerprint density at radius 1 is 1.19 bits per heavy atom. The summed E-state index contributed by atoms with van der Waals surface area (Å²) in [5.74, 6) is -1.19. The number of hydrogen-bond donors (Lipinski definition) is 1. The maximum Gasteiger partial charge on any atom is 0.573 e. The normalized spacial score (nSPS) is 11.2. The SMILES string of the molecule is O=C(O)c1sccc1OCc1ccc(OC(F)(F)F)cc1. The molecule has 1 N–H and O–H groups in total. The van der Waals surface area contributed by atoms with E-state index in [2.05, 4.69) is 4.74 Å². The van der Waals surface area contributed by atoms with Gasteiger partial charge in [-0.15, -0.1) is 24.5 Å². The number of carboxylic acid groups (broad SMARTS) is 1. The van der Waals surface area contributed by atoms with Crippen LogP contribution in [0, 0.1) is 0 Å². The van der Waals surface area contributed by atoms with Gasteiger partial charge in [0, 0.05) is 0 Å². The van der Waals surface area contributed by atoms with Gasteiger partial charge in [-0.2, -0.15) is 0 Å². The zero-order valence-corrected chi connectivity index (χ0v) is 11.2. The predicted octanol–water partition coefficient (Wildman–Crippen LogP) is 3.92. The molecule has 21 heavy (non-hydrogen) atoms. The van der Waals surface area contributed by atoms with Crippen molar-refractivity contribution in [2.24, 2.45) is 0 Å². The van der Waals surface area contributed by atoms with Crippen LogP contribution in [0.5, 0.6) is 11.5 Å². The van der Waals surface area contributed by atoms with Crippen molar-refractivity contribution >= 4 is 17.3 Å². The Kier molecular flexibility index (Phi) is 4.37. The molecule has 1 aromatic carbocycles. The van der Waals surface area contributed by atoms with E-state index in [1.165, 1.54) is 18.2 Å². The third-order valence-corrected chi connectivity index (χ3v) is 3.26. The lowest BCUT2D eigenvalue weighted by Crippen LogP contribution is -2.17. The Balaban J connectivity index is 1.98. The lowest BCUT2D eigenvalue weighted by Gasteiger charge is -2.09. The second-order valence-electron chi connectivity index (χ2n) is 3.90. The second kappa shape index (κ2) is 6.04. The highest BCUT2D eigenvalue weighted by Crippen LogP contribution is 2.26. The zero-order chi connectivity index (χ0) is 15.5. The van der Waals surface area contributed by atoms with E-state index in [-0.39, 0.29) is 23.0 Å². The molecule has 0 bridgehead atoms. The van der Waals surface area contributed by atoms with Gasteiger partial charge in [-0.25, -0.2) is 4.79 Å². The standard InChI is InChI=1S/C13H9F3O4S/c14-13(15,16)20-9-3-1-8(2-4-9)7-19-10-5-6-21-11(10)12(17)18/h1-6H,7H2,(H,17,18). The molecular weight excluding hydrogens is 309 g/mol. The van der Waals surface area contributed by atoms with Gasteiger partial charge >= 0.3 is 12.3 Å². The summed E-state index contributed by atoms with van der Waals surface area (Å²) in [5.41, 5.74) is 0.590. The number of carbonyl (C=O) groups is 1.